The van der Waals surface area contributed by atoms with Crippen LogP contribution in [0.4, 0.5) is 34.6 Å². The molecule has 2 fully saturated rings. The molecule has 3 N–H and O–H groups in total. The topological polar surface area (TPSA) is 154 Å². The Morgan fingerprint density at radius 1 is 0.958 bits per heavy atom. The summed E-state index contributed by atoms with van der Waals surface area (Å²) in [6, 6.07) is 6.17. The van der Waals surface area contributed by atoms with E-state index in [4.69, 9.17) is 14.7 Å². The number of piperazine rings is 1. The van der Waals surface area contributed by atoms with Gasteiger partial charge < -0.3 is 25.2 Å². The van der Waals surface area contributed by atoms with Crippen molar-refractivity contribution in [2.75, 3.05) is 79.9 Å². The first-order chi connectivity index (χ1) is 23.0. The number of halogens is 1. The van der Waals surface area contributed by atoms with Gasteiger partial charge in [-0.15, -0.1) is 0 Å². The van der Waals surface area contributed by atoms with Crippen molar-refractivity contribution < 1.29 is 13.2 Å². The fourth-order valence-electron chi connectivity index (χ4n) is 6.25. The standard InChI is InChI=1S/C32H42BrN11O3S/c1-20(2)22-18-26(31(47-4)40-30(22)44-12-8-21(9-13-44)43-16-14-42(3)15-17-43)38-32-36-19-23(33)29(39-32)37-25-7-6-24-27(35-11-10-34-24)28(25)41-48(5,45)46/h6-7,10-11,18-21,41H,8-9,12-17H2,1-5H3,(H2,36,37,38,39). The Hall–Kier alpha value is -3.86. The summed E-state index contributed by atoms with van der Waals surface area (Å²) in [7, 11) is 0.183. The molecule has 0 amide bonds. The predicted molar refractivity (Wildman–Crippen MR) is 193 cm³/mol. The Balaban J connectivity index is 1.24. The second-order valence-electron chi connectivity index (χ2n) is 12.6. The van der Waals surface area contributed by atoms with Gasteiger partial charge in [0.15, 0.2) is 0 Å². The van der Waals surface area contributed by atoms with Crippen LogP contribution in [0.15, 0.2) is 41.3 Å². The first kappa shape index (κ1) is 34.0. The molecule has 14 nitrogen and oxygen atoms in total. The smallest absolute Gasteiger partial charge is 0.239 e. The van der Waals surface area contributed by atoms with Gasteiger partial charge in [0.05, 0.1) is 34.7 Å². The highest BCUT2D eigenvalue weighted by molar-refractivity contribution is 9.10. The van der Waals surface area contributed by atoms with E-state index in [2.05, 4.69) is 87.9 Å². The second-order valence-corrected chi connectivity index (χ2v) is 15.2. The molecule has 0 aliphatic carbocycles. The molecule has 0 saturated carbocycles. The van der Waals surface area contributed by atoms with Crippen LogP contribution in [0.5, 0.6) is 5.88 Å². The number of rotatable bonds is 10. The molecular formula is C32H42BrN11O3S. The molecule has 6 rings (SSSR count). The van der Waals surface area contributed by atoms with E-state index in [0.717, 1.165) is 69.7 Å². The number of anilines is 6. The molecule has 1 aromatic carbocycles. The average Bonchev–Trinajstić information content (AvgIpc) is 3.07. The summed E-state index contributed by atoms with van der Waals surface area (Å²) in [5, 5.41) is 6.53. The number of hydrogen-bond acceptors (Lipinski definition) is 13. The maximum Gasteiger partial charge on any atom is 0.239 e. The number of piperidine rings is 1. The monoisotopic (exact) mass is 739 g/mol. The Labute approximate surface area is 289 Å². The third-order valence-corrected chi connectivity index (χ3v) is 9.96. The van der Waals surface area contributed by atoms with Gasteiger partial charge in [0.1, 0.15) is 22.8 Å². The molecule has 48 heavy (non-hydrogen) atoms. The van der Waals surface area contributed by atoms with Crippen LogP contribution in [-0.4, -0.2) is 109 Å². The lowest BCUT2D eigenvalue weighted by Gasteiger charge is -2.42. The van der Waals surface area contributed by atoms with Gasteiger partial charge in [0.2, 0.25) is 21.9 Å². The fourth-order valence-corrected chi connectivity index (χ4v) is 7.12. The van der Waals surface area contributed by atoms with E-state index < -0.39 is 10.0 Å². The number of nitrogens with one attached hydrogen (secondary N) is 3. The molecule has 5 heterocycles. The molecule has 4 aromatic rings. The predicted octanol–water partition coefficient (Wildman–Crippen LogP) is 4.78. The number of fused-ring (bicyclic) bond motifs is 1. The Morgan fingerprint density at radius 2 is 1.69 bits per heavy atom. The molecular weight excluding hydrogens is 698 g/mol. The molecule has 2 aliphatic rings. The number of methoxy groups -OCH3 is 1. The minimum absolute atomic E-state index is 0.217. The van der Waals surface area contributed by atoms with Crippen LogP contribution in [0, 0.1) is 0 Å². The van der Waals surface area contributed by atoms with Gasteiger partial charge in [-0.05, 0) is 65.5 Å². The number of hydrogen-bond donors (Lipinski definition) is 3. The molecule has 0 radical (unpaired) electrons. The number of nitrogens with zero attached hydrogens (tertiary/aromatic N) is 8. The molecule has 0 unspecified atom stereocenters. The Kier molecular flexibility index (Phi) is 10.1. The van der Waals surface area contributed by atoms with Gasteiger partial charge in [0, 0.05) is 63.9 Å². The summed E-state index contributed by atoms with van der Waals surface area (Å²) < 4.78 is 33.5. The summed E-state index contributed by atoms with van der Waals surface area (Å²) >= 11 is 3.52. The number of pyridine rings is 1. The highest BCUT2D eigenvalue weighted by Gasteiger charge is 2.29. The lowest BCUT2D eigenvalue weighted by molar-refractivity contribution is 0.0981. The maximum atomic E-state index is 12.3. The SMILES string of the molecule is COc1nc(N2CCC(N3CCN(C)CC3)CC2)c(C(C)C)cc1Nc1ncc(Br)c(Nc2ccc3nccnc3c2NS(C)(=O)=O)n1. The van der Waals surface area contributed by atoms with Crippen LogP contribution in [-0.2, 0) is 10.0 Å². The molecule has 0 atom stereocenters. The quantitative estimate of drug-likeness (QED) is 0.205. The van der Waals surface area contributed by atoms with Gasteiger partial charge in [-0.1, -0.05) is 13.8 Å². The van der Waals surface area contributed by atoms with Crippen LogP contribution in [0.25, 0.3) is 11.0 Å². The number of benzene rings is 1. The largest absolute Gasteiger partial charge is 0.479 e. The Morgan fingerprint density at radius 3 is 2.38 bits per heavy atom. The third kappa shape index (κ3) is 7.72. The average molecular weight is 741 g/mol. The van der Waals surface area contributed by atoms with Crippen LogP contribution < -0.4 is 25.0 Å². The summed E-state index contributed by atoms with van der Waals surface area (Å²) in [5.74, 6) is 2.32. The van der Waals surface area contributed by atoms with Crippen molar-refractivity contribution in [2.45, 2.75) is 38.6 Å². The van der Waals surface area contributed by atoms with Crippen LogP contribution in [0.3, 0.4) is 0 Å². The Bertz CT molecular complexity index is 1880. The maximum absolute atomic E-state index is 12.3. The summed E-state index contributed by atoms with van der Waals surface area (Å²) in [6.45, 7) is 10.8. The van der Waals surface area contributed by atoms with Crippen molar-refractivity contribution in [1.29, 1.82) is 0 Å². The lowest BCUT2D eigenvalue weighted by Crippen LogP contribution is -2.52. The molecule has 256 valence electrons. The molecule has 0 bridgehead atoms. The van der Waals surface area contributed by atoms with E-state index in [-0.39, 0.29) is 11.6 Å². The number of sulfonamides is 1. The van der Waals surface area contributed by atoms with E-state index >= 15 is 0 Å². The van der Waals surface area contributed by atoms with Crippen molar-refractivity contribution in [1.82, 2.24) is 34.7 Å². The number of aromatic nitrogens is 5. The first-order valence-electron chi connectivity index (χ1n) is 16.0. The highest BCUT2D eigenvalue weighted by Crippen LogP contribution is 2.38. The van der Waals surface area contributed by atoms with Crippen LogP contribution >= 0.6 is 15.9 Å². The minimum atomic E-state index is -3.63. The third-order valence-electron chi connectivity index (χ3n) is 8.80. The molecule has 2 saturated heterocycles. The van der Waals surface area contributed by atoms with Crippen LogP contribution in [0.1, 0.15) is 38.2 Å². The van der Waals surface area contributed by atoms with E-state index in [1.165, 1.54) is 6.20 Å². The number of ether oxygens (including phenoxy) is 1. The first-order valence-corrected chi connectivity index (χ1v) is 18.7. The van der Waals surface area contributed by atoms with Gasteiger partial charge in [-0.2, -0.15) is 9.97 Å². The fraction of sp³-hybridized carbons (Fsp3) is 0.469. The van der Waals surface area contributed by atoms with Gasteiger partial charge >= 0.3 is 0 Å². The highest BCUT2D eigenvalue weighted by atomic mass is 79.9. The summed E-state index contributed by atoms with van der Waals surface area (Å²) in [4.78, 5) is 30.3. The molecule has 3 aromatic heterocycles. The molecule has 16 heteroatoms. The van der Waals surface area contributed by atoms with Crippen molar-refractivity contribution in [2.24, 2.45) is 0 Å². The van der Waals surface area contributed by atoms with Crippen molar-refractivity contribution in [3.05, 3.63) is 46.8 Å². The van der Waals surface area contributed by atoms with Gasteiger partial charge in [0.25, 0.3) is 0 Å². The summed E-state index contributed by atoms with van der Waals surface area (Å²) in [6.07, 6.45) is 7.98. The lowest BCUT2D eigenvalue weighted by atomic mass is 9.99. The van der Waals surface area contributed by atoms with E-state index in [1.807, 2.05) is 0 Å². The van der Waals surface area contributed by atoms with Crippen molar-refractivity contribution in [3.8, 4) is 5.88 Å². The normalized spacial score (nSPS) is 16.8. The van der Waals surface area contributed by atoms with Gasteiger partial charge in [-0.3, -0.25) is 19.6 Å². The van der Waals surface area contributed by atoms with E-state index in [9.17, 15) is 8.42 Å². The zero-order valence-corrected chi connectivity index (χ0v) is 30.3. The molecule has 2 aliphatic heterocycles. The van der Waals surface area contributed by atoms with E-state index in [1.54, 1.807) is 31.6 Å². The zero-order chi connectivity index (χ0) is 34.0. The van der Waals surface area contributed by atoms with Gasteiger partial charge in [-0.25, -0.2) is 13.4 Å². The number of likely N-dealkylation sites (N-methyl/N-ethyl adjacent to an activating group) is 1. The van der Waals surface area contributed by atoms with Crippen molar-refractivity contribution in [3.63, 3.8) is 0 Å². The zero-order valence-electron chi connectivity index (χ0n) is 27.9. The summed E-state index contributed by atoms with van der Waals surface area (Å²) in [5.41, 5.74) is 3.41. The molecule has 0 spiro atoms. The minimum Gasteiger partial charge on any atom is -0.479 e. The second kappa shape index (κ2) is 14.3. The van der Waals surface area contributed by atoms with Crippen LogP contribution in [0.2, 0.25) is 0 Å². The van der Waals surface area contributed by atoms with Crippen molar-refractivity contribution >= 4 is 71.6 Å². The van der Waals surface area contributed by atoms with E-state index in [0.29, 0.717) is 50.6 Å².